The van der Waals surface area contributed by atoms with E-state index >= 15 is 0 Å². The second-order valence-corrected chi connectivity index (χ2v) is 5.16. The molecule has 0 unspecified atom stereocenters. The molecule has 1 aromatic carbocycles. The lowest BCUT2D eigenvalue weighted by Crippen LogP contribution is -2.32. The Labute approximate surface area is 106 Å². The summed E-state index contributed by atoms with van der Waals surface area (Å²) in [4.78, 5) is 11.9. The molecule has 1 aromatic rings. The fourth-order valence-corrected chi connectivity index (χ4v) is 1.75. The van der Waals surface area contributed by atoms with Crippen LogP contribution in [0.5, 0.6) is 5.75 Å². The summed E-state index contributed by atoms with van der Waals surface area (Å²) in [5.41, 5.74) is 1.39. The van der Waals surface area contributed by atoms with Crippen LogP contribution in [-0.2, 0) is 11.2 Å². The van der Waals surface area contributed by atoms with Crippen LogP contribution >= 0.6 is 11.6 Å². The second kappa shape index (κ2) is 4.57. The molecule has 0 aromatic heterocycles. The Morgan fingerprint density at radius 3 is 3.00 bits per heavy atom. The van der Waals surface area contributed by atoms with Gasteiger partial charge in [0.1, 0.15) is 5.75 Å². The van der Waals surface area contributed by atoms with Gasteiger partial charge in [-0.15, -0.1) is 11.6 Å². The zero-order valence-corrected chi connectivity index (χ0v) is 10.8. The first-order valence-corrected chi connectivity index (χ1v) is 6.19. The van der Waals surface area contributed by atoms with Gasteiger partial charge in [0, 0.05) is 18.0 Å². The molecular formula is C13H16ClNO2. The number of amides is 1. The number of benzene rings is 1. The largest absolute Gasteiger partial charge is 0.493 e. The normalized spacial score (nSPS) is 14.1. The molecule has 2 rings (SSSR count). The minimum absolute atomic E-state index is 0.0636. The molecule has 17 heavy (non-hydrogen) atoms. The van der Waals surface area contributed by atoms with Crippen LogP contribution in [0.1, 0.15) is 19.4 Å². The molecule has 1 aliphatic heterocycles. The number of carbonyl (C=O) groups is 1. The maximum absolute atomic E-state index is 11.9. The molecule has 1 amide bonds. The Kier molecular flexibility index (Phi) is 3.29. The summed E-state index contributed by atoms with van der Waals surface area (Å²) in [6.45, 7) is 4.37. The fraction of sp³-hybridized carbons (Fsp3) is 0.462. The van der Waals surface area contributed by atoms with Crippen molar-refractivity contribution in [2.24, 2.45) is 5.41 Å². The first kappa shape index (κ1) is 12.2. The molecule has 1 heterocycles. The highest BCUT2D eigenvalue weighted by molar-refractivity contribution is 6.20. The number of anilines is 1. The van der Waals surface area contributed by atoms with Gasteiger partial charge in [-0.1, -0.05) is 0 Å². The van der Waals surface area contributed by atoms with Gasteiger partial charge < -0.3 is 10.1 Å². The predicted molar refractivity (Wildman–Crippen MR) is 68.8 cm³/mol. The number of halogens is 1. The number of ether oxygens (including phenoxy) is 1. The third-order valence-electron chi connectivity index (χ3n) is 2.90. The Bertz CT molecular complexity index is 443. The van der Waals surface area contributed by atoms with Crippen molar-refractivity contribution in [3.63, 3.8) is 0 Å². The Morgan fingerprint density at radius 2 is 2.29 bits per heavy atom. The van der Waals surface area contributed by atoms with Crippen molar-refractivity contribution >= 4 is 23.2 Å². The number of hydrogen-bond donors (Lipinski definition) is 1. The van der Waals surface area contributed by atoms with Crippen molar-refractivity contribution in [1.29, 1.82) is 0 Å². The molecule has 0 atom stereocenters. The number of fused-ring (bicyclic) bond motifs is 1. The minimum Gasteiger partial charge on any atom is -0.493 e. The SMILES string of the molecule is CC(C)(CCl)C(=O)Nc1ccc2c(c1)CCO2. The van der Waals surface area contributed by atoms with Crippen molar-refractivity contribution in [3.05, 3.63) is 23.8 Å². The van der Waals surface area contributed by atoms with Crippen LogP contribution in [-0.4, -0.2) is 18.4 Å². The molecule has 0 bridgehead atoms. The molecule has 0 spiro atoms. The van der Waals surface area contributed by atoms with Gasteiger partial charge >= 0.3 is 0 Å². The summed E-state index contributed by atoms with van der Waals surface area (Å²) >= 11 is 5.77. The van der Waals surface area contributed by atoms with Crippen molar-refractivity contribution in [2.45, 2.75) is 20.3 Å². The summed E-state index contributed by atoms with van der Waals surface area (Å²) in [7, 11) is 0. The summed E-state index contributed by atoms with van der Waals surface area (Å²) < 4.78 is 5.41. The van der Waals surface area contributed by atoms with E-state index in [4.69, 9.17) is 16.3 Å². The lowest BCUT2D eigenvalue weighted by Gasteiger charge is -2.20. The van der Waals surface area contributed by atoms with Crippen LogP contribution in [0, 0.1) is 5.41 Å². The van der Waals surface area contributed by atoms with Crippen molar-refractivity contribution in [3.8, 4) is 5.75 Å². The minimum atomic E-state index is -0.558. The van der Waals surface area contributed by atoms with Gasteiger partial charge in [-0.3, -0.25) is 4.79 Å². The molecule has 0 radical (unpaired) electrons. The third-order valence-corrected chi connectivity index (χ3v) is 3.56. The van der Waals surface area contributed by atoms with E-state index in [1.165, 1.54) is 0 Å². The van der Waals surface area contributed by atoms with E-state index in [-0.39, 0.29) is 5.91 Å². The lowest BCUT2D eigenvalue weighted by molar-refractivity contribution is -0.122. The number of nitrogens with one attached hydrogen (secondary N) is 1. The van der Waals surface area contributed by atoms with Gasteiger partial charge in [0.2, 0.25) is 5.91 Å². The maximum Gasteiger partial charge on any atom is 0.231 e. The topological polar surface area (TPSA) is 38.3 Å². The van der Waals surface area contributed by atoms with Gasteiger partial charge in [-0.2, -0.15) is 0 Å². The standard InChI is InChI=1S/C13H16ClNO2/c1-13(2,8-14)12(16)15-10-3-4-11-9(7-10)5-6-17-11/h3-4,7H,5-6,8H2,1-2H3,(H,15,16). The quantitative estimate of drug-likeness (QED) is 0.842. The summed E-state index contributed by atoms with van der Waals surface area (Å²) in [5, 5.41) is 2.88. The molecule has 3 nitrogen and oxygen atoms in total. The summed E-state index contributed by atoms with van der Waals surface area (Å²) in [5.74, 6) is 1.15. The van der Waals surface area contributed by atoms with Gasteiger partial charge in [-0.05, 0) is 37.6 Å². The smallest absolute Gasteiger partial charge is 0.231 e. The van der Waals surface area contributed by atoms with E-state index in [1.807, 2.05) is 32.0 Å². The van der Waals surface area contributed by atoms with Gasteiger partial charge in [0.15, 0.2) is 0 Å². The Balaban J connectivity index is 2.12. The molecule has 4 heteroatoms. The van der Waals surface area contributed by atoms with Crippen LogP contribution < -0.4 is 10.1 Å². The Hall–Kier alpha value is -1.22. The van der Waals surface area contributed by atoms with Gasteiger partial charge in [0.05, 0.1) is 12.0 Å². The molecule has 0 saturated heterocycles. The highest BCUT2D eigenvalue weighted by atomic mass is 35.5. The third kappa shape index (κ3) is 2.55. The zero-order valence-electron chi connectivity index (χ0n) is 10.0. The highest BCUT2D eigenvalue weighted by Crippen LogP contribution is 2.28. The predicted octanol–water partition coefficient (Wildman–Crippen LogP) is 2.83. The van der Waals surface area contributed by atoms with Crippen molar-refractivity contribution < 1.29 is 9.53 Å². The van der Waals surface area contributed by atoms with E-state index in [2.05, 4.69) is 5.32 Å². The molecule has 0 saturated carbocycles. The number of alkyl halides is 1. The molecular weight excluding hydrogens is 238 g/mol. The summed E-state index contributed by atoms with van der Waals surface area (Å²) in [6, 6.07) is 5.71. The van der Waals surface area contributed by atoms with Crippen molar-refractivity contribution in [2.75, 3.05) is 17.8 Å². The molecule has 0 aliphatic carbocycles. The van der Waals surface area contributed by atoms with Crippen molar-refractivity contribution in [1.82, 2.24) is 0 Å². The zero-order chi connectivity index (χ0) is 12.5. The van der Waals surface area contributed by atoms with E-state index in [9.17, 15) is 4.79 Å². The summed E-state index contributed by atoms with van der Waals surface area (Å²) in [6.07, 6.45) is 0.901. The van der Waals surface area contributed by atoms with Crippen LogP contribution in [0.4, 0.5) is 5.69 Å². The van der Waals surface area contributed by atoms with E-state index in [0.29, 0.717) is 5.88 Å². The van der Waals surface area contributed by atoms with Crippen LogP contribution in [0.15, 0.2) is 18.2 Å². The number of carbonyl (C=O) groups excluding carboxylic acids is 1. The average Bonchev–Trinajstić information content (AvgIpc) is 2.76. The Morgan fingerprint density at radius 1 is 1.53 bits per heavy atom. The maximum atomic E-state index is 11.9. The molecule has 1 N–H and O–H groups in total. The van der Waals surface area contributed by atoms with E-state index in [0.717, 1.165) is 30.0 Å². The number of hydrogen-bond acceptors (Lipinski definition) is 2. The van der Waals surface area contributed by atoms with Gasteiger partial charge in [-0.25, -0.2) is 0 Å². The van der Waals surface area contributed by atoms with Gasteiger partial charge in [0.25, 0.3) is 0 Å². The van der Waals surface area contributed by atoms with E-state index < -0.39 is 5.41 Å². The fourth-order valence-electron chi connectivity index (χ4n) is 1.63. The molecule has 92 valence electrons. The second-order valence-electron chi connectivity index (χ2n) is 4.89. The number of rotatable bonds is 3. The van der Waals surface area contributed by atoms with Crippen LogP contribution in [0.3, 0.4) is 0 Å². The lowest BCUT2D eigenvalue weighted by atomic mass is 9.95. The highest BCUT2D eigenvalue weighted by Gasteiger charge is 2.26. The van der Waals surface area contributed by atoms with Crippen LogP contribution in [0.2, 0.25) is 0 Å². The molecule has 0 fully saturated rings. The average molecular weight is 254 g/mol. The van der Waals surface area contributed by atoms with E-state index in [1.54, 1.807) is 0 Å². The monoisotopic (exact) mass is 253 g/mol. The molecule has 1 aliphatic rings. The van der Waals surface area contributed by atoms with Crippen LogP contribution in [0.25, 0.3) is 0 Å². The first-order chi connectivity index (χ1) is 8.03. The first-order valence-electron chi connectivity index (χ1n) is 5.66.